The first-order chi connectivity index (χ1) is 17.9. The van der Waals surface area contributed by atoms with E-state index in [1.54, 1.807) is 24.3 Å². The number of benzene rings is 3. The van der Waals surface area contributed by atoms with E-state index in [1.165, 1.54) is 0 Å². The highest BCUT2D eigenvalue weighted by Gasteiger charge is 2.28. The number of carboxylic acid groups (broad SMARTS) is 1. The van der Waals surface area contributed by atoms with E-state index in [0.29, 0.717) is 0 Å². The fourth-order valence-electron chi connectivity index (χ4n) is 3.58. The number of carboxylic acids is 1. The Labute approximate surface area is 214 Å². The highest BCUT2D eigenvalue weighted by atomic mass is 16.5. The van der Waals surface area contributed by atoms with E-state index in [4.69, 9.17) is 9.84 Å². The third-order valence-corrected chi connectivity index (χ3v) is 5.43. The molecule has 0 heterocycles. The summed E-state index contributed by atoms with van der Waals surface area (Å²) < 4.78 is 5.28. The highest BCUT2D eigenvalue weighted by molar-refractivity contribution is 5.92. The van der Waals surface area contributed by atoms with Crippen molar-refractivity contribution in [3.8, 4) is 0 Å². The molecule has 0 aliphatic heterocycles. The van der Waals surface area contributed by atoms with Crippen LogP contribution in [0, 0.1) is 0 Å². The van der Waals surface area contributed by atoms with Gasteiger partial charge in [-0.2, -0.15) is 0 Å². The average Bonchev–Trinajstić information content (AvgIpc) is 2.91. The Bertz CT molecular complexity index is 1170. The van der Waals surface area contributed by atoms with Crippen molar-refractivity contribution in [2.45, 2.75) is 31.5 Å². The topological polar surface area (TPSA) is 134 Å². The quantitative estimate of drug-likeness (QED) is 0.300. The Kier molecular flexibility index (Phi) is 10.2. The number of carbonyl (C=O) groups excluding carboxylic acids is 3. The van der Waals surface area contributed by atoms with Crippen LogP contribution in [0.4, 0.5) is 4.79 Å². The molecule has 3 amide bonds. The van der Waals surface area contributed by atoms with E-state index in [2.05, 4.69) is 16.0 Å². The number of rotatable bonds is 12. The molecule has 0 saturated carbocycles. The van der Waals surface area contributed by atoms with Gasteiger partial charge in [0.15, 0.2) is 0 Å². The lowest BCUT2D eigenvalue weighted by Gasteiger charge is -2.23. The van der Waals surface area contributed by atoms with Crippen molar-refractivity contribution in [2.75, 3.05) is 6.54 Å². The molecular formula is C28H29N3O6. The zero-order chi connectivity index (χ0) is 26.5. The summed E-state index contributed by atoms with van der Waals surface area (Å²) in [4.78, 5) is 49.6. The van der Waals surface area contributed by atoms with Crippen molar-refractivity contribution in [1.29, 1.82) is 0 Å². The molecule has 3 aromatic rings. The minimum atomic E-state index is -1.21. The molecule has 9 heteroatoms. The minimum absolute atomic E-state index is 0.0283. The Morgan fingerprint density at radius 3 is 1.59 bits per heavy atom. The molecule has 192 valence electrons. The van der Waals surface area contributed by atoms with Gasteiger partial charge in [0, 0.05) is 12.8 Å². The van der Waals surface area contributed by atoms with Gasteiger partial charge in [-0.05, 0) is 16.7 Å². The zero-order valence-corrected chi connectivity index (χ0v) is 20.1. The van der Waals surface area contributed by atoms with Crippen molar-refractivity contribution >= 4 is 23.9 Å². The van der Waals surface area contributed by atoms with Crippen LogP contribution < -0.4 is 16.0 Å². The Morgan fingerprint density at radius 1 is 0.649 bits per heavy atom. The fourth-order valence-corrected chi connectivity index (χ4v) is 3.58. The number of alkyl carbamates (subject to hydrolysis) is 1. The predicted octanol–water partition coefficient (Wildman–Crippen LogP) is 2.45. The third-order valence-electron chi connectivity index (χ3n) is 5.43. The largest absolute Gasteiger partial charge is 0.480 e. The van der Waals surface area contributed by atoms with Gasteiger partial charge in [0.2, 0.25) is 11.8 Å². The van der Waals surface area contributed by atoms with E-state index in [1.807, 2.05) is 66.7 Å². The van der Waals surface area contributed by atoms with Gasteiger partial charge in [0.05, 0.1) is 0 Å². The number of aliphatic carboxylic acids is 1. The molecule has 9 nitrogen and oxygen atoms in total. The molecule has 0 bridgehead atoms. The van der Waals surface area contributed by atoms with Crippen LogP contribution in [0.15, 0.2) is 91.0 Å². The van der Waals surface area contributed by atoms with Gasteiger partial charge in [-0.1, -0.05) is 91.0 Å². The number of ether oxygens (including phenoxy) is 1. The Morgan fingerprint density at radius 2 is 1.11 bits per heavy atom. The predicted molar refractivity (Wildman–Crippen MR) is 136 cm³/mol. The van der Waals surface area contributed by atoms with Crippen LogP contribution in [0.3, 0.4) is 0 Å². The molecule has 0 saturated heterocycles. The van der Waals surface area contributed by atoms with Crippen molar-refractivity contribution < 1.29 is 29.0 Å². The van der Waals surface area contributed by atoms with Gasteiger partial charge in [0.25, 0.3) is 0 Å². The van der Waals surface area contributed by atoms with E-state index in [0.717, 1.165) is 16.7 Å². The second-order valence-corrected chi connectivity index (χ2v) is 8.31. The number of amides is 3. The van der Waals surface area contributed by atoms with E-state index in [9.17, 15) is 19.2 Å². The van der Waals surface area contributed by atoms with E-state index in [-0.39, 0.29) is 19.4 Å². The highest BCUT2D eigenvalue weighted by Crippen LogP contribution is 2.08. The van der Waals surface area contributed by atoms with Crippen LogP contribution in [0.2, 0.25) is 0 Å². The molecule has 0 radical (unpaired) electrons. The molecule has 37 heavy (non-hydrogen) atoms. The third kappa shape index (κ3) is 9.48. The average molecular weight is 504 g/mol. The Hall–Kier alpha value is -4.66. The lowest BCUT2D eigenvalue weighted by Crippen LogP contribution is -2.55. The van der Waals surface area contributed by atoms with Gasteiger partial charge in [-0.3, -0.25) is 14.4 Å². The molecule has 0 spiro atoms. The summed E-state index contributed by atoms with van der Waals surface area (Å²) in [5.74, 6) is -2.46. The van der Waals surface area contributed by atoms with Crippen molar-refractivity contribution in [1.82, 2.24) is 16.0 Å². The summed E-state index contributed by atoms with van der Waals surface area (Å²) in [7, 11) is 0. The maximum atomic E-state index is 13.3. The lowest BCUT2D eigenvalue weighted by molar-refractivity contribution is -0.138. The zero-order valence-electron chi connectivity index (χ0n) is 20.1. The summed E-state index contributed by atoms with van der Waals surface area (Å²) in [6.45, 7) is -0.557. The fraction of sp³-hybridized carbons (Fsp3) is 0.214. The Balaban J connectivity index is 1.73. The molecule has 4 N–H and O–H groups in total. The first kappa shape index (κ1) is 26.9. The van der Waals surface area contributed by atoms with Gasteiger partial charge >= 0.3 is 12.1 Å². The number of nitrogens with one attached hydrogen (secondary N) is 3. The molecular weight excluding hydrogens is 474 g/mol. The summed E-state index contributed by atoms with van der Waals surface area (Å²) in [5, 5.41) is 16.5. The minimum Gasteiger partial charge on any atom is -0.480 e. The SMILES string of the molecule is O=C(O)CNC(=O)[C@@H](Cc1ccccc1)NC(=O)[C@H](Cc1ccccc1)NC(=O)OCc1ccccc1. The lowest BCUT2D eigenvalue weighted by atomic mass is 10.0. The van der Waals surface area contributed by atoms with Crippen molar-refractivity contribution in [3.05, 3.63) is 108 Å². The molecule has 3 aromatic carbocycles. The first-order valence-corrected chi connectivity index (χ1v) is 11.8. The molecule has 0 aromatic heterocycles. The van der Waals surface area contributed by atoms with Crippen LogP contribution in [0.1, 0.15) is 16.7 Å². The van der Waals surface area contributed by atoms with Crippen LogP contribution in [-0.4, -0.2) is 47.6 Å². The molecule has 0 aliphatic rings. The maximum absolute atomic E-state index is 13.3. The van der Waals surface area contributed by atoms with Gasteiger partial charge in [-0.25, -0.2) is 4.79 Å². The second kappa shape index (κ2) is 14.0. The van der Waals surface area contributed by atoms with Crippen LogP contribution in [0.25, 0.3) is 0 Å². The number of hydrogen-bond donors (Lipinski definition) is 4. The standard InChI is InChI=1S/C28H29N3O6/c32-25(33)18-29-26(34)23(16-20-10-4-1-5-11-20)30-27(35)24(17-21-12-6-2-7-13-21)31-28(36)37-19-22-14-8-3-9-15-22/h1-15,23-24H,16-19H2,(H,29,34)(H,30,35)(H,31,36)(H,32,33)/t23-,24+/m1/s1. The molecule has 2 atom stereocenters. The second-order valence-electron chi connectivity index (χ2n) is 8.31. The van der Waals surface area contributed by atoms with Gasteiger partial charge in [-0.15, -0.1) is 0 Å². The smallest absolute Gasteiger partial charge is 0.408 e. The normalized spacial score (nSPS) is 12.0. The van der Waals surface area contributed by atoms with Crippen LogP contribution >= 0.6 is 0 Å². The molecule has 0 unspecified atom stereocenters. The first-order valence-electron chi connectivity index (χ1n) is 11.8. The molecule has 3 rings (SSSR count). The number of hydrogen-bond acceptors (Lipinski definition) is 5. The van der Waals surface area contributed by atoms with Crippen molar-refractivity contribution in [2.24, 2.45) is 0 Å². The van der Waals surface area contributed by atoms with Gasteiger partial charge in [0.1, 0.15) is 25.2 Å². The summed E-state index contributed by atoms with van der Waals surface area (Å²) in [5.41, 5.74) is 2.36. The van der Waals surface area contributed by atoms with Crippen molar-refractivity contribution in [3.63, 3.8) is 0 Å². The molecule has 0 aliphatic carbocycles. The van der Waals surface area contributed by atoms with Crippen LogP contribution in [-0.2, 0) is 38.6 Å². The number of carbonyl (C=O) groups is 4. The van der Waals surface area contributed by atoms with E-state index < -0.39 is 42.5 Å². The summed E-state index contributed by atoms with van der Waals surface area (Å²) >= 11 is 0. The van der Waals surface area contributed by atoms with Crippen LogP contribution in [0.5, 0.6) is 0 Å². The maximum Gasteiger partial charge on any atom is 0.408 e. The summed E-state index contributed by atoms with van der Waals surface area (Å²) in [6.07, 6.45) is -0.494. The van der Waals surface area contributed by atoms with Gasteiger partial charge < -0.3 is 25.8 Å². The molecule has 0 fully saturated rings. The summed E-state index contributed by atoms with van der Waals surface area (Å²) in [6, 6.07) is 25.1. The van der Waals surface area contributed by atoms with E-state index >= 15 is 0 Å². The monoisotopic (exact) mass is 503 g/mol.